The summed E-state index contributed by atoms with van der Waals surface area (Å²) in [7, 11) is 0. The van der Waals surface area contributed by atoms with Gasteiger partial charge in [0.1, 0.15) is 11.3 Å². The molecular weight excluding hydrogens is 318 g/mol. The van der Waals surface area contributed by atoms with Crippen molar-refractivity contribution in [1.82, 2.24) is 15.5 Å². The van der Waals surface area contributed by atoms with Crippen LogP contribution in [0.15, 0.2) is 28.8 Å². The first kappa shape index (κ1) is 15.8. The third-order valence-corrected chi connectivity index (χ3v) is 4.30. The van der Waals surface area contributed by atoms with Gasteiger partial charge in [0.25, 0.3) is 5.91 Å². The maximum atomic E-state index is 12.3. The molecule has 0 atom stereocenters. The molecule has 1 heterocycles. The summed E-state index contributed by atoms with van der Waals surface area (Å²) in [6.45, 7) is 1.63. The van der Waals surface area contributed by atoms with Crippen LogP contribution >= 0.6 is 11.6 Å². The minimum Gasteiger partial charge on any atom is -0.482 e. The van der Waals surface area contributed by atoms with Gasteiger partial charge in [-0.3, -0.25) is 4.79 Å². The third-order valence-electron chi connectivity index (χ3n) is 3.99. The van der Waals surface area contributed by atoms with E-state index in [1.165, 1.54) is 0 Å². The normalized spacial score (nSPS) is 16.3. The van der Waals surface area contributed by atoms with Gasteiger partial charge in [-0.15, -0.1) is 0 Å². The fourth-order valence-electron chi connectivity index (χ4n) is 2.88. The highest BCUT2D eigenvalue weighted by atomic mass is 35.5. The molecule has 0 unspecified atom stereocenters. The first-order valence-electron chi connectivity index (χ1n) is 7.58. The van der Waals surface area contributed by atoms with E-state index in [9.17, 15) is 4.79 Å². The number of nitrogens with zero attached hydrogens (tertiary/aromatic N) is 2. The molecular formula is C16H18ClN3O3. The summed E-state index contributed by atoms with van der Waals surface area (Å²) in [4.78, 5) is 16.6. The molecule has 7 heteroatoms. The zero-order valence-electron chi connectivity index (χ0n) is 12.8. The third kappa shape index (κ3) is 3.47. The number of para-hydroxylation sites is 1. The lowest BCUT2D eigenvalue weighted by Crippen LogP contribution is -2.46. The van der Waals surface area contributed by atoms with Gasteiger partial charge in [-0.1, -0.05) is 41.7 Å². The summed E-state index contributed by atoms with van der Waals surface area (Å²) in [5.74, 6) is 1.29. The zero-order valence-corrected chi connectivity index (χ0v) is 13.6. The fraction of sp³-hybridized carbons (Fsp3) is 0.438. The van der Waals surface area contributed by atoms with Crippen LogP contribution in [0.2, 0.25) is 5.02 Å². The highest BCUT2D eigenvalue weighted by molar-refractivity contribution is 6.32. The van der Waals surface area contributed by atoms with Crippen LogP contribution in [0.3, 0.4) is 0 Å². The molecule has 0 bridgehead atoms. The number of halogens is 1. The molecule has 122 valence electrons. The maximum absolute atomic E-state index is 12.3. The summed E-state index contributed by atoms with van der Waals surface area (Å²) in [5, 5.41) is 7.49. The summed E-state index contributed by atoms with van der Waals surface area (Å²) in [5.41, 5.74) is -0.557. The van der Waals surface area contributed by atoms with Crippen LogP contribution in [0.25, 0.3) is 0 Å². The summed E-state index contributed by atoms with van der Waals surface area (Å²) < 4.78 is 10.6. The molecule has 1 aromatic heterocycles. The van der Waals surface area contributed by atoms with Gasteiger partial charge in [0.05, 0.1) is 5.02 Å². The van der Waals surface area contributed by atoms with Crippen LogP contribution in [-0.2, 0) is 10.3 Å². The van der Waals surface area contributed by atoms with Crippen LogP contribution in [0, 0.1) is 6.92 Å². The van der Waals surface area contributed by atoms with Gasteiger partial charge in [-0.05, 0) is 25.0 Å². The summed E-state index contributed by atoms with van der Waals surface area (Å²) in [6, 6.07) is 7.06. The predicted molar refractivity (Wildman–Crippen MR) is 84.3 cm³/mol. The van der Waals surface area contributed by atoms with Gasteiger partial charge >= 0.3 is 0 Å². The number of carbonyl (C=O) groups is 1. The molecule has 0 saturated heterocycles. The van der Waals surface area contributed by atoms with Gasteiger partial charge in [0.15, 0.2) is 12.4 Å². The van der Waals surface area contributed by atoms with Crippen molar-refractivity contribution in [2.75, 3.05) is 6.61 Å². The molecule has 1 saturated carbocycles. The molecule has 1 amide bonds. The largest absolute Gasteiger partial charge is 0.482 e. The standard InChI is InChI=1S/C16H18ClN3O3/c1-11-18-15(20-23-11)16(8-4-5-9-16)19-14(21)10-22-13-7-3-2-6-12(13)17/h2-3,6-7H,4-5,8-10H2,1H3,(H,19,21). The average molecular weight is 336 g/mol. The van der Waals surface area contributed by atoms with Crippen LogP contribution in [-0.4, -0.2) is 22.7 Å². The minimum atomic E-state index is -0.557. The van der Waals surface area contributed by atoms with Crippen molar-refractivity contribution >= 4 is 17.5 Å². The Morgan fingerprint density at radius 2 is 2.13 bits per heavy atom. The van der Waals surface area contributed by atoms with Crippen molar-refractivity contribution in [3.05, 3.63) is 41.0 Å². The molecule has 0 aliphatic heterocycles. The number of hydrogen-bond donors (Lipinski definition) is 1. The summed E-state index contributed by atoms with van der Waals surface area (Å²) in [6.07, 6.45) is 3.62. The quantitative estimate of drug-likeness (QED) is 0.908. The van der Waals surface area contributed by atoms with Crippen LogP contribution in [0.5, 0.6) is 5.75 Å². The number of ether oxygens (including phenoxy) is 1. The van der Waals surface area contributed by atoms with Crippen molar-refractivity contribution in [3.63, 3.8) is 0 Å². The van der Waals surface area contributed by atoms with Gasteiger partial charge < -0.3 is 14.6 Å². The Balaban J connectivity index is 1.66. The second kappa shape index (κ2) is 6.58. The average Bonchev–Trinajstić information content (AvgIpc) is 3.16. The highest BCUT2D eigenvalue weighted by Gasteiger charge is 2.41. The molecule has 1 N–H and O–H groups in total. The van der Waals surface area contributed by atoms with E-state index in [-0.39, 0.29) is 12.5 Å². The minimum absolute atomic E-state index is 0.109. The Morgan fingerprint density at radius 3 is 2.78 bits per heavy atom. The van der Waals surface area contributed by atoms with Crippen molar-refractivity contribution in [1.29, 1.82) is 0 Å². The number of rotatable bonds is 5. The van der Waals surface area contributed by atoms with Crippen molar-refractivity contribution in [2.45, 2.75) is 38.1 Å². The molecule has 0 radical (unpaired) electrons. The smallest absolute Gasteiger partial charge is 0.258 e. The number of aromatic nitrogens is 2. The van der Waals surface area contributed by atoms with Crippen LogP contribution in [0.1, 0.15) is 37.4 Å². The van der Waals surface area contributed by atoms with E-state index in [2.05, 4.69) is 15.5 Å². The van der Waals surface area contributed by atoms with E-state index in [4.69, 9.17) is 20.9 Å². The lowest BCUT2D eigenvalue weighted by molar-refractivity contribution is -0.125. The number of benzene rings is 1. The topological polar surface area (TPSA) is 77.2 Å². The van der Waals surface area contributed by atoms with E-state index in [1.807, 2.05) is 0 Å². The van der Waals surface area contributed by atoms with Crippen molar-refractivity contribution in [2.24, 2.45) is 0 Å². The number of hydrogen-bond acceptors (Lipinski definition) is 5. The van der Waals surface area contributed by atoms with Gasteiger partial charge in [0, 0.05) is 6.92 Å². The van der Waals surface area contributed by atoms with Crippen LogP contribution < -0.4 is 10.1 Å². The van der Waals surface area contributed by atoms with Gasteiger partial charge in [-0.25, -0.2) is 0 Å². The van der Waals surface area contributed by atoms with Gasteiger partial charge in [-0.2, -0.15) is 4.98 Å². The molecule has 2 aromatic rings. The first-order chi connectivity index (χ1) is 11.1. The molecule has 0 spiro atoms. The number of nitrogens with one attached hydrogen (secondary N) is 1. The molecule has 1 fully saturated rings. The molecule has 1 aromatic carbocycles. The first-order valence-corrected chi connectivity index (χ1v) is 7.96. The maximum Gasteiger partial charge on any atom is 0.258 e. The van der Waals surface area contributed by atoms with Crippen molar-refractivity contribution in [3.8, 4) is 5.75 Å². The summed E-state index contributed by atoms with van der Waals surface area (Å²) >= 11 is 6.01. The molecule has 1 aliphatic carbocycles. The van der Waals surface area contributed by atoms with E-state index >= 15 is 0 Å². The zero-order chi connectivity index (χ0) is 16.3. The number of aryl methyl sites for hydroxylation is 1. The molecule has 6 nitrogen and oxygen atoms in total. The molecule has 1 aliphatic rings. The lowest BCUT2D eigenvalue weighted by atomic mass is 9.96. The van der Waals surface area contributed by atoms with Gasteiger partial charge in [0.2, 0.25) is 5.89 Å². The highest BCUT2D eigenvalue weighted by Crippen LogP contribution is 2.37. The second-order valence-electron chi connectivity index (χ2n) is 5.69. The monoisotopic (exact) mass is 335 g/mol. The van der Waals surface area contributed by atoms with E-state index in [0.717, 1.165) is 25.7 Å². The Kier molecular flexibility index (Phi) is 4.52. The molecule has 3 rings (SSSR count). The fourth-order valence-corrected chi connectivity index (χ4v) is 3.08. The Bertz CT molecular complexity index is 695. The Morgan fingerprint density at radius 1 is 1.39 bits per heavy atom. The van der Waals surface area contributed by atoms with Crippen LogP contribution in [0.4, 0.5) is 0 Å². The van der Waals surface area contributed by atoms with E-state index in [0.29, 0.717) is 22.5 Å². The van der Waals surface area contributed by atoms with Crippen molar-refractivity contribution < 1.29 is 14.1 Å². The molecule has 23 heavy (non-hydrogen) atoms. The lowest BCUT2D eigenvalue weighted by Gasteiger charge is -2.26. The second-order valence-corrected chi connectivity index (χ2v) is 6.10. The number of amides is 1. The Hall–Kier alpha value is -2.08. The Labute approximate surface area is 139 Å². The van der Waals surface area contributed by atoms with E-state index < -0.39 is 5.54 Å². The number of carbonyl (C=O) groups excluding carboxylic acids is 1. The SMILES string of the molecule is Cc1nc(C2(NC(=O)COc3ccccc3Cl)CCCC2)no1. The van der Waals surface area contributed by atoms with E-state index in [1.54, 1.807) is 31.2 Å². The predicted octanol–water partition coefficient (Wildman–Crippen LogP) is 3.00.